The van der Waals surface area contributed by atoms with Crippen molar-refractivity contribution >= 4 is 71.2 Å². The lowest BCUT2D eigenvalue weighted by molar-refractivity contribution is 1.02. The molecule has 1 aromatic heterocycles. The van der Waals surface area contributed by atoms with Crippen molar-refractivity contribution in [3.8, 4) is 0 Å². The van der Waals surface area contributed by atoms with E-state index in [2.05, 4.69) is 156 Å². The smallest absolute Gasteiger partial charge is 0.0575 e. The van der Waals surface area contributed by atoms with Gasteiger partial charge in [-0.25, -0.2) is 0 Å². The van der Waals surface area contributed by atoms with Crippen LogP contribution < -0.4 is 4.90 Å². The van der Waals surface area contributed by atoms with E-state index in [0.29, 0.717) is 0 Å². The Labute approximate surface area is 226 Å². The van der Waals surface area contributed by atoms with Crippen LogP contribution >= 0.6 is 0 Å². The van der Waals surface area contributed by atoms with Crippen LogP contribution in [0.5, 0.6) is 0 Å². The highest BCUT2D eigenvalue weighted by atomic mass is 15.1. The molecule has 0 spiro atoms. The molecule has 8 aromatic rings. The van der Waals surface area contributed by atoms with Crippen LogP contribution in [0.4, 0.5) is 17.1 Å². The number of fused-ring (bicyclic) bond motifs is 9. The molecule has 0 aliphatic carbocycles. The summed E-state index contributed by atoms with van der Waals surface area (Å²) < 4.78 is 2.38. The van der Waals surface area contributed by atoms with E-state index < -0.39 is 0 Å². The maximum Gasteiger partial charge on any atom is 0.0575 e. The minimum Gasteiger partial charge on any atom is -0.343 e. The van der Waals surface area contributed by atoms with Crippen molar-refractivity contribution in [2.24, 2.45) is 7.05 Å². The Bertz CT molecular complexity index is 2190. The van der Waals surface area contributed by atoms with Crippen LogP contribution in [0.1, 0.15) is 0 Å². The maximum absolute atomic E-state index is 2.41. The molecule has 0 unspecified atom stereocenters. The fourth-order valence-corrected chi connectivity index (χ4v) is 6.41. The van der Waals surface area contributed by atoms with Gasteiger partial charge in [0.15, 0.2) is 0 Å². The average molecular weight is 499 g/mol. The van der Waals surface area contributed by atoms with Gasteiger partial charge in [0, 0.05) is 34.6 Å². The van der Waals surface area contributed by atoms with E-state index in [9.17, 15) is 0 Å². The standard InChI is InChI=1S/C37H26N2/c1-38-33-20-11-21-34(36(33)35-31-18-9-7-16-29(31)30-17-8-10-19-32(30)37(35)38)39(27-14-3-2-4-15-27)28-23-22-25-12-5-6-13-26(25)24-28/h2-24H,1H3. The van der Waals surface area contributed by atoms with Gasteiger partial charge in [-0.1, -0.05) is 103 Å². The molecule has 0 bridgehead atoms. The highest BCUT2D eigenvalue weighted by Crippen LogP contribution is 2.47. The van der Waals surface area contributed by atoms with Gasteiger partial charge in [0.2, 0.25) is 0 Å². The van der Waals surface area contributed by atoms with E-state index in [4.69, 9.17) is 0 Å². The van der Waals surface area contributed by atoms with E-state index in [-0.39, 0.29) is 0 Å². The highest BCUT2D eigenvalue weighted by Gasteiger charge is 2.22. The Morgan fingerprint density at radius 1 is 0.462 bits per heavy atom. The van der Waals surface area contributed by atoms with Gasteiger partial charge in [-0.2, -0.15) is 0 Å². The molecule has 7 aromatic carbocycles. The zero-order valence-corrected chi connectivity index (χ0v) is 21.7. The van der Waals surface area contributed by atoms with E-state index in [1.54, 1.807) is 0 Å². The molecule has 0 amide bonds. The van der Waals surface area contributed by atoms with Crippen molar-refractivity contribution in [1.82, 2.24) is 4.57 Å². The van der Waals surface area contributed by atoms with Gasteiger partial charge in [0.05, 0.1) is 16.7 Å². The first-order chi connectivity index (χ1) is 19.3. The first-order valence-electron chi connectivity index (χ1n) is 13.4. The zero-order valence-electron chi connectivity index (χ0n) is 21.7. The molecule has 0 N–H and O–H groups in total. The van der Waals surface area contributed by atoms with Crippen molar-refractivity contribution in [1.29, 1.82) is 0 Å². The summed E-state index contributed by atoms with van der Waals surface area (Å²) in [5, 5.41) is 10.2. The minimum absolute atomic E-state index is 1.14. The van der Waals surface area contributed by atoms with E-state index in [1.807, 2.05) is 0 Å². The molecule has 2 heteroatoms. The van der Waals surface area contributed by atoms with Crippen molar-refractivity contribution in [2.75, 3.05) is 4.90 Å². The number of anilines is 3. The van der Waals surface area contributed by atoms with Crippen molar-refractivity contribution in [3.05, 3.63) is 140 Å². The molecule has 0 atom stereocenters. The van der Waals surface area contributed by atoms with Crippen LogP contribution in [0.3, 0.4) is 0 Å². The summed E-state index contributed by atoms with van der Waals surface area (Å²) in [6.07, 6.45) is 0. The molecule has 39 heavy (non-hydrogen) atoms. The number of nitrogens with zero attached hydrogens (tertiary/aromatic N) is 2. The number of para-hydroxylation sites is 1. The first kappa shape index (κ1) is 22.0. The topological polar surface area (TPSA) is 8.17 Å². The molecule has 8 rings (SSSR count). The van der Waals surface area contributed by atoms with Gasteiger partial charge >= 0.3 is 0 Å². The lowest BCUT2D eigenvalue weighted by Gasteiger charge is -2.27. The van der Waals surface area contributed by atoms with E-state index in [0.717, 1.165) is 11.4 Å². The predicted molar refractivity (Wildman–Crippen MR) is 168 cm³/mol. The lowest BCUT2D eigenvalue weighted by atomic mass is 9.96. The Hall–Kier alpha value is -5.08. The summed E-state index contributed by atoms with van der Waals surface area (Å²) in [5.74, 6) is 0. The van der Waals surface area contributed by atoms with E-state index >= 15 is 0 Å². The zero-order chi connectivity index (χ0) is 25.9. The third-order valence-corrected chi connectivity index (χ3v) is 8.12. The number of hydrogen-bond donors (Lipinski definition) is 0. The number of rotatable bonds is 3. The van der Waals surface area contributed by atoms with E-state index in [1.165, 1.54) is 59.8 Å². The van der Waals surface area contributed by atoms with Crippen LogP contribution in [0.25, 0.3) is 54.1 Å². The normalized spacial score (nSPS) is 11.7. The monoisotopic (exact) mass is 498 g/mol. The van der Waals surface area contributed by atoms with Crippen molar-refractivity contribution in [3.63, 3.8) is 0 Å². The fourth-order valence-electron chi connectivity index (χ4n) is 6.41. The first-order valence-corrected chi connectivity index (χ1v) is 13.4. The highest BCUT2D eigenvalue weighted by molar-refractivity contribution is 6.33. The van der Waals surface area contributed by atoms with Crippen LogP contribution in [-0.4, -0.2) is 4.57 Å². The summed E-state index contributed by atoms with van der Waals surface area (Å²) in [4.78, 5) is 2.41. The molecule has 0 saturated heterocycles. The Kier molecular flexibility index (Phi) is 4.77. The lowest BCUT2D eigenvalue weighted by Crippen LogP contribution is -2.10. The number of hydrogen-bond acceptors (Lipinski definition) is 1. The summed E-state index contributed by atoms with van der Waals surface area (Å²) in [6, 6.07) is 50.5. The Morgan fingerprint density at radius 2 is 1.10 bits per heavy atom. The Morgan fingerprint density at radius 3 is 1.90 bits per heavy atom. The second kappa shape index (κ2) is 8.47. The Balaban J connectivity index is 1.55. The summed E-state index contributed by atoms with van der Waals surface area (Å²) in [6.45, 7) is 0. The molecule has 2 nitrogen and oxygen atoms in total. The number of benzene rings is 7. The molecule has 0 aliphatic heterocycles. The van der Waals surface area contributed by atoms with Gasteiger partial charge in [0.25, 0.3) is 0 Å². The van der Waals surface area contributed by atoms with Crippen LogP contribution in [0, 0.1) is 0 Å². The van der Waals surface area contributed by atoms with Crippen LogP contribution in [0.15, 0.2) is 140 Å². The molecule has 1 heterocycles. The summed E-state index contributed by atoms with van der Waals surface area (Å²) in [7, 11) is 2.21. The molecule has 0 aliphatic rings. The maximum atomic E-state index is 2.41. The number of aryl methyl sites for hydroxylation is 1. The molecule has 0 saturated carbocycles. The van der Waals surface area contributed by atoms with Crippen molar-refractivity contribution in [2.45, 2.75) is 0 Å². The molecular formula is C37H26N2. The SMILES string of the molecule is Cn1c2cccc(N(c3ccccc3)c3ccc4ccccc4c3)c2c2c3ccccc3c3ccccc3c21. The molecule has 0 fully saturated rings. The van der Waals surface area contributed by atoms with Crippen LogP contribution in [-0.2, 0) is 7.05 Å². The van der Waals surface area contributed by atoms with Gasteiger partial charge in [-0.05, 0) is 63.3 Å². The van der Waals surface area contributed by atoms with Crippen molar-refractivity contribution < 1.29 is 0 Å². The van der Waals surface area contributed by atoms with Gasteiger partial charge in [-0.3, -0.25) is 0 Å². The quantitative estimate of drug-likeness (QED) is 0.220. The van der Waals surface area contributed by atoms with Crippen LogP contribution in [0.2, 0.25) is 0 Å². The average Bonchev–Trinajstić information content (AvgIpc) is 3.31. The molecule has 184 valence electrons. The second-order valence-corrected chi connectivity index (χ2v) is 10.2. The van der Waals surface area contributed by atoms with Gasteiger partial charge in [0.1, 0.15) is 0 Å². The van der Waals surface area contributed by atoms with Gasteiger partial charge < -0.3 is 9.47 Å². The summed E-state index contributed by atoms with van der Waals surface area (Å²) in [5.41, 5.74) is 5.97. The fraction of sp³-hybridized carbons (Fsp3) is 0.0270. The third kappa shape index (κ3) is 3.22. The molecule has 0 radical (unpaired) electrons. The molecular weight excluding hydrogens is 472 g/mol. The minimum atomic E-state index is 1.14. The second-order valence-electron chi connectivity index (χ2n) is 10.2. The largest absolute Gasteiger partial charge is 0.343 e. The van der Waals surface area contributed by atoms with Gasteiger partial charge in [-0.15, -0.1) is 0 Å². The summed E-state index contributed by atoms with van der Waals surface area (Å²) >= 11 is 0. The number of aromatic nitrogens is 1. The third-order valence-electron chi connectivity index (χ3n) is 8.12. The predicted octanol–water partition coefficient (Wildman–Crippen LogP) is 10.3.